The molecule has 5 heteroatoms. The van der Waals surface area contributed by atoms with Crippen LogP contribution in [0.1, 0.15) is 44.4 Å². The molecule has 0 amide bonds. The Bertz CT molecular complexity index is 1350. The van der Waals surface area contributed by atoms with Crippen LogP contribution in [0.3, 0.4) is 0 Å². The second-order valence-electron chi connectivity index (χ2n) is 7.29. The third kappa shape index (κ3) is 4.76. The number of carboxylic acid groups (broad SMARTS) is 1. The van der Waals surface area contributed by atoms with Crippen molar-refractivity contribution >= 4 is 22.1 Å². The van der Waals surface area contributed by atoms with Crippen LogP contribution in [0.25, 0.3) is 4.83 Å². The smallest absolute Gasteiger partial charge is 0.335 e. The van der Waals surface area contributed by atoms with Gasteiger partial charge in [-0.25, -0.2) is 4.79 Å². The van der Waals surface area contributed by atoms with E-state index in [1.807, 2.05) is 12.1 Å². The maximum Gasteiger partial charge on any atom is 0.335 e. The Morgan fingerprint density at radius 1 is 0.968 bits per heavy atom. The van der Waals surface area contributed by atoms with Gasteiger partial charge in [-0.1, -0.05) is 61.2 Å². The Labute approximate surface area is 184 Å². The van der Waals surface area contributed by atoms with Gasteiger partial charge in [0.25, 0.3) is 5.56 Å². The fourth-order valence-electron chi connectivity index (χ4n) is 3.34. The zero-order valence-electron chi connectivity index (χ0n) is 17.1. The lowest BCUT2D eigenvalue weighted by atomic mass is 10.0. The van der Waals surface area contributed by atoms with E-state index in [2.05, 4.69) is 43.0 Å². The molecule has 0 unspecified atom stereocenters. The molecule has 2 heterocycles. The van der Waals surface area contributed by atoms with Crippen LogP contribution in [0.5, 0.6) is 0 Å². The molecule has 154 valence electrons. The number of benzene rings is 2. The maximum absolute atomic E-state index is 12.9. The molecule has 0 saturated heterocycles. The Morgan fingerprint density at radius 3 is 2.32 bits per heavy atom. The van der Waals surface area contributed by atoms with Crippen molar-refractivity contribution < 1.29 is 9.90 Å². The number of thiazole rings is 1. The van der Waals surface area contributed by atoms with Crippen LogP contribution in [-0.2, 0) is 19.3 Å². The summed E-state index contributed by atoms with van der Waals surface area (Å²) >= 11 is 1.50. The second-order valence-corrected chi connectivity index (χ2v) is 8.36. The Hall–Kier alpha value is -3.62. The summed E-state index contributed by atoms with van der Waals surface area (Å²) in [5.41, 5.74) is 4.21. The molecule has 0 atom stereocenters. The van der Waals surface area contributed by atoms with Gasteiger partial charge in [0.2, 0.25) is 0 Å². The number of aromatic nitrogens is 1. The Balaban J connectivity index is 1.52. The van der Waals surface area contributed by atoms with Gasteiger partial charge >= 0.3 is 5.97 Å². The van der Waals surface area contributed by atoms with Gasteiger partial charge in [-0.15, -0.1) is 11.3 Å². The number of carboxylic acids is 1. The summed E-state index contributed by atoms with van der Waals surface area (Å²) < 4.78 is 1.64. The predicted molar refractivity (Wildman–Crippen MR) is 124 cm³/mol. The van der Waals surface area contributed by atoms with E-state index in [9.17, 15) is 9.59 Å². The first-order valence-corrected chi connectivity index (χ1v) is 10.9. The van der Waals surface area contributed by atoms with Crippen molar-refractivity contribution in [1.82, 2.24) is 4.40 Å². The second kappa shape index (κ2) is 9.03. The molecule has 0 aliphatic heterocycles. The SMILES string of the molecule is CCc1ccc(CC#Cc2cn3c(=O)c(Cc4ccc(C(=O)O)cc4)ccc3s2)cc1. The highest BCUT2D eigenvalue weighted by atomic mass is 32.1. The van der Waals surface area contributed by atoms with Gasteiger partial charge in [0.1, 0.15) is 4.83 Å². The van der Waals surface area contributed by atoms with Crippen LogP contribution < -0.4 is 5.56 Å². The van der Waals surface area contributed by atoms with E-state index in [0.717, 1.165) is 21.7 Å². The minimum atomic E-state index is -0.960. The number of nitrogens with zero attached hydrogens (tertiary/aromatic N) is 1. The average Bonchev–Trinajstić information content (AvgIpc) is 3.20. The lowest BCUT2D eigenvalue weighted by Gasteiger charge is -2.03. The first-order chi connectivity index (χ1) is 15.0. The summed E-state index contributed by atoms with van der Waals surface area (Å²) in [7, 11) is 0. The molecular weight excluding hydrogens is 406 g/mol. The Kier molecular flexibility index (Phi) is 6.01. The van der Waals surface area contributed by atoms with Crippen LogP contribution in [0.15, 0.2) is 71.7 Å². The molecule has 0 radical (unpaired) electrons. The highest BCUT2D eigenvalue weighted by Crippen LogP contribution is 2.17. The number of fused-ring (bicyclic) bond motifs is 1. The first-order valence-electron chi connectivity index (χ1n) is 10.1. The number of pyridine rings is 1. The zero-order chi connectivity index (χ0) is 21.8. The first kappa shape index (κ1) is 20.6. The summed E-state index contributed by atoms with van der Waals surface area (Å²) in [4.78, 5) is 25.6. The largest absolute Gasteiger partial charge is 0.478 e. The van der Waals surface area contributed by atoms with Crippen LogP contribution in [0.2, 0.25) is 0 Å². The molecule has 0 aliphatic rings. The van der Waals surface area contributed by atoms with Crippen molar-refractivity contribution in [3.8, 4) is 11.8 Å². The van der Waals surface area contributed by atoms with E-state index in [1.165, 1.54) is 22.5 Å². The van der Waals surface area contributed by atoms with Crippen LogP contribution in [-0.4, -0.2) is 15.5 Å². The summed E-state index contributed by atoms with van der Waals surface area (Å²) in [5.74, 6) is 5.42. The molecule has 2 aromatic carbocycles. The van der Waals surface area contributed by atoms with Gasteiger partial charge in [-0.3, -0.25) is 9.20 Å². The number of carbonyl (C=O) groups is 1. The summed E-state index contributed by atoms with van der Waals surface area (Å²) in [5, 5.41) is 9.01. The standard InChI is InChI=1S/C26H21NO3S/c1-2-18-6-8-19(9-7-18)4-3-5-23-17-27-24(31-23)15-14-22(25(27)28)16-20-10-12-21(13-11-20)26(29)30/h6-15,17H,2,4,16H2,1H3,(H,29,30). The van der Waals surface area contributed by atoms with E-state index in [4.69, 9.17) is 5.11 Å². The van der Waals surface area contributed by atoms with Gasteiger partial charge in [0.15, 0.2) is 0 Å². The quantitative estimate of drug-likeness (QED) is 0.465. The van der Waals surface area contributed by atoms with Crippen LogP contribution >= 0.6 is 11.3 Å². The molecule has 0 fully saturated rings. The van der Waals surface area contributed by atoms with E-state index in [1.54, 1.807) is 34.9 Å². The van der Waals surface area contributed by atoms with Gasteiger partial charge in [0.05, 0.1) is 10.4 Å². The molecular formula is C26H21NO3S. The fourth-order valence-corrected chi connectivity index (χ4v) is 4.22. The van der Waals surface area contributed by atoms with Crippen molar-refractivity contribution in [2.24, 2.45) is 0 Å². The number of aryl methyl sites for hydroxylation is 1. The van der Waals surface area contributed by atoms with Gasteiger partial charge in [-0.2, -0.15) is 0 Å². The molecule has 0 spiro atoms. The van der Waals surface area contributed by atoms with Crippen molar-refractivity contribution in [3.05, 3.63) is 110 Å². The third-order valence-electron chi connectivity index (χ3n) is 5.15. The molecule has 0 bridgehead atoms. The number of rotatable bonds is 5. The number of aromatic carboxylic acids is 1. The van der Waals surface area contributed by atoms with Crippen molar-refractivity contribution in [3.63, 3.8) is 0 Å². The third-order valence-corrected chi connectivity index (χ3v) is 6.12. The van der Waals surface area contributed by atoms with E-state index in [0.29, 0.717) is 18.4 Å². The lowest BCUT2D eigenvalue weighted by Crippen LogP contribution is -2.16. The van der Waals surface area contributed by atoms with Crippen molar-refractivity contribution in [2.45, 2.75) is 26.2 Å². The predicted octanol–water partition coefficient (Wildman–Crippen LogP) is 4.81. The molecule has 4 aromatic rings. The fraction of sp³-hybridized carbons (Fsp3) is 0.154. The van der Waals surface area contributed by atoms with E-state index in [-0.39, 0.29) is 11.1 Å². The molecule has 2 aromatic heterocycles. The van der Waals surface area contributed by atoms with Gasteiger partial charge < -0.3 is 5.11 Å². The minimum Gasteiger partial charge on any atom is -0.478 e. The van der Waals surface area contributed by atoms with Gasteiger partial charge in [0, 0.05) is 24.6 Å². The summed E-state index contributed by atoms with van der Waals surface area (Å²) in [6.07, 6.45) is 3.95. The normalized spacial score (nSPS) is 10.6. The highest BCUT2D eigenvalue weighted by molar-refractivity contribution is 7.17. The van der Waals surface area contributed by atoms with Crippen molar-refractivity contribution in [1.29, 1.82) is 0 Å². The molecule has 0 saturated carbocycles. The highest BCUT2D eigenvalue weighted by Gasteiger charge is 2.08. The van der Waals surface area contributed by atoms with Crippen molar-refractivity contribution in [2.75, 3.05) is 0 Å². The van der Waals surface area contributed by atoms with Gasteiger partial charge in [-0.05, 0) is 41.3 Å². The van der Waals surface area contributed by atoms with E-state index >= 15 is 0 Å². The molecule has 0 aliphatic carbocycles. The van der Waals surface area contributed by atoms with Crippen LogP contribution in [0.4, 0.5) is 0 Å². The monoisotopic (exact) mass is 427 g/mol. The summed E-state index contributed by atoms with van der Waals surface area (Å²) in [6.45, 7) is 2.14. The molecule has 4 rings (SSSR count). The van der Waals surface area contributed by atoms with Crippen LogP contribution in [0, 0.1) is 11.8 Å². The van der Waals surface area contributed by atoms with E-state index < -0.39 is 5.97 Å². The summed E-state index contributed by atoms with van der Waals surface area (Å²) in [6, 6.07) is 18.9. The topological polar surface area (TPSA) is 58.8 Å². The minimum absolute atomic E-state index is 0.0701. The molecule has 1 N–H and O–H groups in total. The molecule has 31 heavy (non-hydrogen) atoms. The lowest BCUT2D eigenvalue weighted by molar-refractivity contribution is 0.0697. The maximum atomic E-state index is 12.9. The number of hydrogen-bond donors (Lipinski definition) is 1. The average molecular weight is 428 g/mol. The molecule has 4 nitrogen and oxygen atoms in total. The zero-order valence-corrected chi connectivity index (χ0v) is 17.9. The Morgan fingerprint density at radius 2 is 1.65 bits per heavy atom. The number of hydrogen-bond acceptors (Lipinski definition) is 3.